The number of benzene rings is 2. The van der Waals surface area contributed by atoms with Gasteiger partial charge in [0.2, 0.25) is 5.91 Å². The van der Waals surface area contributed by atoms with Crippen LogP contribution in [0.15, 0.2) is 53.6 Å². The van der Waals surface area contributed by atoms with E-state index in [1.807, 2.05) is 0 Å². The Kier molecular flexibility index (Phi) is 4.98. The zero-order chi connectivity index (χ0) is 15.9. The molecule has 0 bridgehead atoms. The molecule has 2 rings (SSSR count). The molecule has 2 N–H and O–H groups in total. The third kappa shape index (κ3) is 4.52. The zero-order valence-electron chi connectivity index (χ0n) is 11.8. The van der Waals surface area contributed by atoms with Crippen LogP contribution in [0.4, 0.5) is 10.1 Å². The van der Waals surface area contributed by atoms with Gasteiger partial charge in [-0.2, -0.15) is 5.10 Å². The Morgan fingerprint density at radius 3 is 2.27 bits per heavy atom. The Balaban J connectivity index is 1.94. The second-order valence-corrected chi connectivity index (χ2v) is 4.51. The van der Waals surface area contributed by atoms with Gasteiger partial charge in [0.15, 0.2) is 0 Å². The van der Waals surface area contributed by atoms with Crippen LogP contribution < -0.4 is 10.7 Å². The van der Waals surface area contributed by atoms with Gasteiger partial charge in [-0.25, -0.2) is 9.82 Å². The first kappa shape index (κ1) is 15.4. The van der Waals surface area contributed by atoms with E-state index in [1.165, 1.54) is 25.3 Å². The van der Waals surface area contributed by atoms with Crippen molar-refractivity contribution in [3.8, 4) is 0 Å². The lowest BCUT2D eigenvalue weighted by molar-refractivity contribution is -0.114. The van der Waals surface area contributed by atoms with Gasteiger partial charge in [0, 0.05) is 18.2 Å². The average Bonchev–Trinajstić information content (AvgIpc) is 2.49. The second-order valence-electron chi connectivity index (χ2n) is 4.51. The second kappa shape index (κ2) is 7.12. The van der Waals surface area contributed by atoms with Crippen LogP contribution in [0.1, 0.15) is 22.8 Å². The average molecular weight is 299 g/mol. The fourth-order valence-electron chi connectivity index (χ4n) is 1.69. The number of nitrogens with zero attached hydrogens (tertiary/aromatic N) is 1. The molecule has 0 unspecified atom stereocenters. The Hall–Kier alpha value is -3.02. The van der Waals surface area contributed by atoms with Crippen molar-refractivity contribution in [2.45, 2.75) is 6.92 Å². The van der Waals surface area contributed by atoms with E-state index in [4.69, 9.17) is 0 Å². The minimum atomic E-state index is -0.382. The van der Waals surface area contributed by atoms with Crippen LogP contribution in [0.5, 0.6) is 0 Å². The number of rotatable bonds is 4. The van der Waals surface area contributed by atoms with Gasteiger partial charge >= 0.3 is 0 Å². The largest absolute Gasteiger partial charge is 0.326 e. The number of anilines is 1. The van der Waals surface area contributed by atoms with E-state index in [0.29, 0.717) is 16.8 Å². The van der Waals surface area contributed by atoms with Gasteiger partial charge in [-0.05, 0) is 42.0 Å². The highest BCUT2D eigenvalue weighted by molar-refractivity contribution is 5.96. The molecule has 0 aliphatic carbocycles. The van der Waals surface area contributed by atoms with Crippen LogP contribution >= 0.6 is 0 Å². The smallest absolute Gasteiger partial charge is 0.271 e. The molecule has 112 valence electrons. The summed E-state index contributed by atoms with van der Waals surface area (Å²) in [6, 6.07) is 12.1. The molecule has 5 nitrogen and oxygen atoms in total. The topological polar surface area (TPSA) is 70.6 Å². The molecule has 0 saturated heterocycles. The predicted octanol–water partition coefficient (Wildman–Crippen LogP) is 2.55. The van der Waals surface area contributed by atoms with Crippen LogP contribution in [0.3, 0.4) is 0 Å². The van der Waals surface area contributed by atoms with E-state index in [-0.39, 0.29) is 17.6 Å². The molecular formula is C16H14FN3O2. The van der Waals surface area contributed by atoms with E-state index < -0.39 is 0 Å². The standard InChI is InChI=1S/C16H14FN3O2/c1-11(21)19-15-8-4-13(5-9-15)16(22)20-18-10-12-2-6-14(17)7-3-12/h2-10H,1H3,(H,19,21)(H,20,22)/b18-10+. The van der Waals surface area contributed by atoms with Gasteiger partial charge in [-0.3, -0.25) is 9.59 Å². The summed E-state index contributed by atoms with van der Waals surface area (Å²) in [5.41, 5.74) is 4.06. The highest BCUT2D eigenvalue weighted by atomic mass is 19.1. The van der Waals surface area contributed by atoms with Crippen LogP contribution in [-0.2, 0) is 4.79 Å². The number of hydrogen-bond acceptors (Lipinski definition) is 3. The molecule has 0 aliphatic rings. The molecule has 0 aromatic heterocycles. The number of amides is 2. The maximum Gasteiger partial charge on any atom is 0.271 e. The summed E-state index contributed by atoms with van der Waals surface area (Å²) in [7, 11) is 0. The maximum atomic E-state index is 12.7. The molecule has 0 radical (unpaired) electrons. The van der Waals surface area contributed by atoms with Gasteiger partial charge in [0.1, 0.15) is 5.82 Å². The summed E-state index contributed by atoms with van der Waals surface area (Å²) in [6.45, 7) is 1.41. The van der Waals surface area contributed by atoms with E-state index in [1.54, 1.807) is 36.4 Å². The fourth-order valence-corrected chi connectivity index (χ4v) is 1.69. The van der Waals surface area contributed by atoms with Gasteiger partial charge in [-0.15, -0.1) is 0 Å². The summed E-state index contributed by atoms with van der Waals surface area (Å²) >= 11 is 0. The minimum Gasteiger partial charge on any atom is -0.326 e. The van der Waals surface area contributed by atoms with Crippen molar-refractivity contribution >= 4 is 23.7 Å². The van der Waals surface area contributed by atoms with Crippen LogP contribution in [0.25, 0.3) is 0 Å². The summed E-state index contributed by atoms with van der Waals surface area (Å²) in [5.74, 6) is -0.894. The number of carbonyl (C=O) groups excluding carboxylic acids is 2. The van der Waals surface area contributed by atoms with Gasteiger partial charge in [0.25, 0.3) is 5.91 Å². The Bertz CT molecular complexity index is 694. The Morgan fingerprint density at radius 2 is 1.68 bits per heavy atom. The van der Waals surface area contributed by atoms with Gasteiger partial charge in [-0.1, -0.05) is 12.1 Å². The summed E-state index contributed by atoms with van der Waals surface area (Å²) in [4.78, 5) is 22.7. The molecular weight excluding hydrogens is 285 g/mol. The molecule has 2 aromatic carbocycles. The third-order valence-electron chi connectivity index (χ3n) is 2.72. The number of nitrogens with one attached hydrogen (secondary N) is 2. The lowest BCUT2D eigenvalue weighted by atomic mass is 10.2. The fraction of sp³-hybridized carbons (Fsp3) is 0.0625. The molecule has 2 aromatic rings. The Morgan fingerprint density at radius 1 is 1.05 bits per heavy atom. The number of hydrogen-bond donors (Lipinski definition) is 2. The maximum absolute atomic E-state index is 12.7. The lowest BCUT2D eigenvalue weighted by Crippen LogP contribution is -2.17. The van der Waals surface area contributed by atoms with Crippen molar-refractivity contribution in [1.82, 2.24) is 5.43 Å². The zero-order valence-corrected chi connectivity index (χ0v) is 11.8. The summed E-state index contributed by atoms with van der Waals surface area (Å²) in [6.07, 6.45) is 1.42. The molecule has 0 atom stereocenters. The predicted molar refractivity (Wildman–Crippen MR) is 82.2 cm³/mol. The number of carbonyl (C=O) groups is 2. The first-order valence-electron chi connectivity index (χ1n) is 6.51. The van der Waals surface area contributed by atoms with Crippen molar-refractivity contribution in [1.29, 1.82) is 0 Å². The molecule has 0 spiro atoms. The molecule has 2 amide bonds. The molecule has 0 heterocycles. The van der Waals surface area contributed by atoms with E-state index in [9.17, 15) is 14.0 Å². The minimum absolute atomic E-state index is 0.180. The summed E-state index contributed by atoms with van der Waals surface area (Å²) < 4.78 is 12.7. The lowest BCUT2D eigenvalue weighted by Gasteiger charge is -2.03. The van der Waals surface area contributed by atoms with E-state index in [2.05, 4.69) is 15.8 Å². The highest BCUT2D eigenvalue weighted by Crippen LogP contribution is 2.09. The first-order valence-corrected chi connectivity index (χ1v) is 6.51. The molecule has 0 fully saturated rings. The van der Waals surface area contributed by atoms with E-state index >= 15 is 0 Å². The SMILES string of the molecule is CC(=O)Nc1ccc(C(=O)N/N=C/c2ccc(F)cc2)cc1. The normalized spacial score (nSPS) is 10.5. The van der Waals surface area contributed by atoms with Crippen molar-refractivity contribution in [3.05, 3.63) is 65.5 Å². The summed E-state index contributed by atoms with van der Waals surface area (Å²) in [5, 5.41) is 6.41. The third-order valence-corrected chi connectivity index (χ3v) is 2.72. The van der Waals surface area contributed by atoms with Crippen molar-refractivity contribution in [2.24, 2.45) is 5.10 Å². The van der Waals surface area contributed by atoms with Crippen LogP contribution in [0, 0.1) is 5.82 Å². The Labute approximate surface area is 126 Å². The molecule has 0 aliphatic heterocycles. The van der Waals surface area contributed by atoms with Crippen molar-refractivity contribution in [2.75, 3.05) is 5.32 Å². The van der Waals surface area contributed by atoms with E-state index in [0.717, 1.165) is 0 Å². The van der Waals surface area contributed by atoms with Crippen LogP contribution in [0.2, 0.25) is 0 Å². The molecule has 6 heteroatoms. The first-order chi connectivity index (χ1) is 10.5. The number of halogens is 1. The van der Waals surface area contributed by atoms with Crippen molar-refractivity contribution < 1.29 is 14.0 Å². The van der Waals surface area contributed by atoms with Gasteiger partial charge in [0.05, 0.1) is 6.21 Å². The molecule has 22 heavy (non-hydrogen) atoms. The highest BCUT2D eigenvalue weighted by Gasteiger charge is 2.04. The van der Waals surface area contributed by atoms with Crippen molar-refractivity contribution in [3.63, 3.8) is 0 Å². The quantitative estimate of drug-likeness (QED) is 0.673. The monoisotopic (exact) mass is 299 g/mol. The van der Waals surface area contributed by atoms with Crippen LogP contribution in [-0.4, -0.2) is 18.0 Å². The number of hydrazone groups is 1. The van der Waals surface area contributed by atoms with Gasteiger partial charge < -0.3 is 5.32 Å². The molecule has 0 saturated carbocycles.